The molecule has 3 N–H and O–H groups in total. The first-order valence-corrected chi connectivity index (χ1v) is 10.5. The van der Waals surface area contributed by atoms with Gasteiger partial charge in [0.05, 0.1) is 11.9 Å². The Bertz CT molecular complexity index is 1180. The zero-order valence-electron chi connectivity index (χ0n) is 18.0. The summed E-state index contributed by atoms with van der Waals surface area (Å²) in [7, 11) is 0. The summed E-state index contributed by atoms with van der Waals surface area (Å²) in [4.78, 5) is 25.3. The highest BCUT2D eigenvalue weighted by atomic mass is 16.5. The van der Waals surface area contributed by atoms with Crippen LogP contribution in [0.4, 0.5) is 0 Å². The molecular formula is C24H25N3O5. The standard InChI is InChI=1S/C24H25N3O5/c1-3-21(29)32-23-19-9-6-16(24(25)26)12-20(19)31-22(23)15-4-7-17(8-5-15)30-18-10-11-27(13-18)14(2)28/h4-9,12,18H,3,10-11,13H2,1-2H3,(H3,25,26)/t18-/m0/s1. The maximum absolute atomic E-state index is 12.0. The number of carbonyl (C=O) groups is 2. The molecule has 2 aromatic carbocycles. The second-order valence-electron chi connectivity index (χ2n) is 7.73. The molecular weight excluding hydrogens is 410 g/mol. The van der Waals surface area contributed by atoms with E-state index in [0.717, 1.165) is 6.42 Å². The van der Waals surface area contributed by atoms with E-state index >= 15 is 0 Å². The Morgan fingerprint density at radius 2 is 1.97 bits per heavy atom. The molecule has 1 aliphatic rings. The van der Waals surface area contributed by atoms with Gasteiger partial charge in [-0.3, -0.25) is 15.0 Å². The van der Waals surface area contributed by atoms with Gasteiger partial charge in [-0.1, -0.05) is 13.0 Å². The van der Waals surface area contributed by atoms with E-state index in [1.54, 1.807) is 36.9 Å². The number of nitrogen functional groups attached to an aromatic ring is 1. The number of amidine groups is 1. The topological polar surface area (TPSA) is 119 Å². The molecule has 2 heterocycles. The fourth-order valence-corrected chi connectivity index (χ4v) is 3.71. The van der Waals surface area contributed by atoms with Gasteiger partial charge < -0.3 is 24.5 Å². The summed E-state index contributed by atoms with van der Waals surface area (Å²) in [5.41, 5.74) is 7.30. The minimum Gasteiger partial charge on any atom is -0.489 e. The van der Waals surface area contributed by atoms with E-state index in [9.17, 15) is 9.59 Å². The third kappa shape index (κ3) is 4.30. The van der Waals surface area contributed by atoms with Crippen LogP contribution in [-0.2, 0) is 9.59 Å². The number of rotatable bonds is 6. The number of furan rings is 1. The summed E-state index contributed by atoms with van der Waals surface area (Å²) in [6, 6.07) is 12.4. The lowest BCUT2D eigenvalue weighted by Gasteiger charge is -2.15. The lowest BCUT2D eigenvalue weighted by Crippen LogP contribution is -2.28. The Morgan fingerprint density at radius 1 is 1.22 bits per heavy atom. The van der Waals surface area contributed by atoms with Gasteiger partial charge in [-0.2, -0.15) is 0 Å². The zero-order chi connectivity index (χ0) is 22.8. The number of nitrogens with one attached hydrogen (secondary N) is 1. The summed E-state index contributed by atoms with van der Waals surface area (Å²) in [6.45, 7) is 4.56. The number of esters is 1. The number of amides is 1. The molecule has 3 aromatic rings. The second kappa shape index (κ2) is 8.74. The fourth-order valence-electron chi connectivity index (χ4n) is 3.71. The van der Waals surface area contributed by atoms with Crippen LogP contribution in [0.1, 0.15) is 32.3 Å². The molecule has 1 fully saturated rings. The van der Waals surface area contributed by atoms with E-state index in [-0.39, 0.29) is 30.2 Å². The molecule has 1 atom stereocenters. The van der Waals surface area contributed by atoms with Crippen LogP contribution in [0.5, 0.6) is 11.5 Å². The molecule has 0 saturated carbocycles. The zero-order valence-corrected chi connectivity index (χ0v) is 18.0. The number of hydrogen-bond donors (Lipinski definition) is 2. The Kier molecular flexibility index (Phi) is 5.85. The van der Waals surface area contributed by atoms with Gasteiger partial charge in [0.15, 0.2) is 11.5 Å². The largest absolute Gasteiger partial charge is 0.489 e. The number of carbonyl (C=O) groups excluding carboxylic acids is 2. The van der Waals surface area contributed by atoms with Gasteiger partial charge in [-0.15, -0.1) is 0 Å². The van der Waals surface area contributed by atoms with E-state index in [2.05, 4.69) is 0 Å². The number of benzene rings is 2. The molecule has 0 radical (unpaired) electrons. The maximum Gasteiger partial charge on any atom is 0.311 e. The Hall–Kier alpha value is -3.81. The number of hydrogen-bond acceptors (Lipinski definition) is 6. The van der Waals surface area contributed by atoms with E-state index in [4.69, 9.17) is 25.0 Å². The summed E-state index contributed by atoms with van der Waals surface area (Å²) >= 11 is 0. The number of likely N-dealkylation sites (tertiary alicyclic amines) is 1. The molecule has 8 nitrogen and oxygen atoms in total. The van der Waals surface area contributed by atoms with E-state index in [1.165, 1.54) is 0 Å². The van der Waals surface area contributed by atoms with Crippen LogP contribution in [0.3, 0.4) is 0 Å². The van der Waals surface area contributed by atoms with Crippen molar-refractivity contribution >= 4 is 28.7 Å². The predicted octanol–water partition coefficient (Wildman–Crippen LogP) is 3.70. The number of fused-ring (bicyclic) bond motifs is 1. The van der Waals surface area contributed by atoms with Crippen molar-refractivity contribution in [2.45, 2.75) is 32.8 Å². The quantitative estimate of drug-likeness (QED) is 0.346. The molecule has 0 bridgehead atoms. The Labute approximate surface area is 185 Å². The van der Waals surface area contributed by atoms with E-state index < -0.39 is 0 Å². The van der Waals surface area contributed by atoms with Crippen LogP contribution in [0.15, 0.2) is 46.9 Å². The molecule has 1 amide bonds. The summed E-state index contributed by atoms with van der Waals surface area (Å²) in [5, 5.41) is 8.27. The van der Waals surface area contributed by atoms with Crippen LogP contribution >= 0.6 is 0 Å². The SMILES string of the molecule is CCC(=O)Oc1c(-c2ccc(O[C@H]3CCN(C(C)=O)C3)cc2)oc2cc(C(=N)N)ccc12. The molecule has 4 rings (SSSR count). The highest BCUT2D eigenvalue weighted by Crippen LogP contribution is 2.41. The van der Waals surface area contributed by atoms with Gasteiger partial charge in [0, 0.05) is 37.4 Å². The molecule has 8 heteroatoms. The van der Waals surface area contributed by atoms with Crippen LogP contribution in [0, 0.1) is 5.41 Å². The van der Waals surface area contributed by atoms with Crippen molar-refractivity contribution in [3.05, 3.63) is 48.0 Å². The first kappa shape index (κ1) is 21.4. The van der Waals surface area contributed by atoms with Crippen molar-refractivity contribution in [3.8, 4) is 22.8 Å². The number of ether oxygens (including phenoxy) is 2. The molecule has 166 valence electrons. The summed E-state index contributed by atoms with van der Waals surface area (Å²) in [6.07, 6.45) is 0.978. The minimum absolute atomic E-state index is 0.0398. The lowest BCUT2D eigenvalue weighted by atomic mass is 10.1. The number of nitrogens with zero attached hydrogens (tertiary/aromatic N) is 1. The molecule has 32 heavy (non-hydrogen) atoms. The van der Waals surface area contributed by atoms with Gasteiger partial charge in [0.2, 0.25) is 5.91 Å². The van der Waals surface area contributed by atoms with E-state index in [1.807, 2.05) is 24.3 Å². The average Bonchev–Trinajstić information content (AvgIpc) is 3.39. The van der Waals surface area contributed by atoms with Gasteiger partial charge in [0.1, 0.15) is 23.3 Å². The van der Waals surface area contributed by atoms with Crippen LogP contribution in [0.25, 0.3) is 22.3 Å². The second-order valence-corrected chi connectivity index (χ2v) is 7.73. The van der Waals surface area contributed by atoms with Crippen LogP contribution < -0.4 is 15.2 Å². The lowest BCUT2D eigenvalue weighted by molar-refractivity contribution is -0.134. The van der Waals surface area contributed by atoms with Gasteiger partial charge in [-0.25, -0.2) is 0 Å². The monoisotopic (exact) mass is 435 g/mol. The van der Waals surface area contributed by atoms with Crippen molar-refractivity contribution in [2.75, 3.05) is 13.1 Å². The third-order valence-electron chi connectivity index (χ3n) is 5.47. The van der Waals surface area contributed by atoms with Gasteiger partial charge in [0.25, 0.3) is 0 Å². The minimum atomic E-state index is -0.374. The van der Waals surface area contributed by atoms with Gasteiger partial charge >= 0.3 is 5.97 Å². The normalized spacial score (nSPS) is 15.7. The van der Waals surface area contributed by atoms with Crippen molar-refractivity contribution in [3.63, 3.8) is 0 Å². The summed E-state index contributed by atoms with van der Waals surface area (Å²) in [5.74, 6) is 1.04. The van der Waals surface area contributed by atoms with Crippen molar-refractivity contribution in [2.24, 2.45) is 5.73 Å². The first-order valence-electron chi connectivity index (χ1n) is 10.5. The first-order chi connectivity index (χ1) is 15.4. The van der Waals surface area contributed by atoms with Crippen molar-refractivity contribution in [1.29, 1.82) is 5.41 Å². The van der Waals surface area contributed by atoms with E-state index in [0.29, 0.717) is 52.4 Å². The molecule has 0 spiro atoms. The molecule has 0 unspecified atom stereocenters. The predicted molar refractivity (Wildman–Crippen MR) is 120 cm³/mol. The molecule has 1 aromatic heterocycles. The molecule has 0 aliphatic carbocycles. The molecule has 1 saturated heterocycles. The van der Waals surface area contributed by atoms with Gasteiger partial charge in [-0.05, 0) is 36.4 Å². The maximum atomic E-state index is 12.0. The summed E-state index contributed by atoms with van der Waals surface area (Å²) < 4.78 is 17.6. The Balaban J connectivity index is 1.63. The fraction of sp³-hybridized carbons (Fsp3) is 0.292. The van der Waals surface area contributed by atoms with Crippen molar-refractivity contribution in [1.82, 2.24) is 4.90 Å². The number of nitrogens with two attached hydrogens (primary N) is 1. The third-order valence-corrected chi connectivity index (χ3v) is 5.47. The highest BCUT2D eigenvalue weighted by Gasteiger charge is 2.26. The highest BCUT2D eigenvalue weighted by molar-refractivity contribution is 6.01. The van der Waals surface area contributed by atoms with Crippen molar-refractivity contribution < 1.29 is 23.5 Å². The average molecular weight is 435 g/mol. The molecule has 1 aliphatic heterocycles. The van der Waals surface area contributed by atoms with Crippen LogP contribution in [0.2, 0.25) is 0 Å². The smallest absolute Gasteiger partial charge is 0.311 e. The van der Waals surface area contributed by atoms with Crippen LogP contribution in [-0.4, -0.2) is 41.8 Å². The Morgan fingerprint density at radius 3 is 2.59 bits per heavy atom.